The summed E-state index contributed by atoms with van der Waals surface area (Å²) >= 11 is 1.79. The molecule has 1 aliphatic rings. The van der Waals surface area contributed by atoms with Gasteiger partial charge in [0.05, 0.1) is 38.4 Å². The first-order valence-corrected chi connectivity index (χ1v) is 9.48. The first-order chi connectivity index (χ1) is 13.1. The van der Waals surface area contributed by atoms with E-state index >= 15 is 0 Å². The fourth-order valence-electron chi connectivity index (χ4n) is 2.06. The van der Waals surface area contributed by atoms with Gasteiger partial charge in [-0.15, -0.1) is 0 Å². The van der Waals surface area contributed by atoms with Crippen molar-refractivity contribution in [3.05, 3.63) is 60.8 Å². The molecule has 0 bridgehead atoms. The van der Waals surface area contributed by atoms with Gasteiger partial charge in [0.2, 0.25) is 0 Å². The molecule has 0 amide bonds. The number of pyridine rings is 1. The zero-order valence-corrected chi connectivity index (χ0v) is 16.6. The fourth-order valence-corrected chi connectivity index (χ4v) is 2.89. The summed E-state index contributed by atoms with van der Waals surface area (Å²) in [6.07, 6.45) is 6.97. The second-order valence-corrected chi connectivity index (χ2v) is 6.48. The van der Waals surface area contributed by atoms with Gasteiger partial charge in [-0.3, -0.25) is 9.99 Å². The molecule has 0 atom stereocenters. The normalized spacial score (nSPS) is 16.0. The highest BCUT2D eigenvalue weighted by Gasteiger charge is 2.12. The van der Waals surface area contributed by atoms with Crippen LogP contribution in [0.4, 0.5) is 0 Å². The van der Waals surface area contributed by atoms with E-state index in [2.05, 4.69) is 26.7 Å². The van der Waals surface area contributed by atoms with E-state index in [4.69, 9.17) is 22.0 Å². The molecule has 2 heterocycles. The molecule has 1 aromatic heterocycles. The average Bonchev–Trinajstić information content (AvgIpc) is 2.98. The highest BCUT2D eigenvalue weighted by molar-refractivity contribution is 7.97. The van der Waals surface area contributed by atoms with Gasteiger partial charge in [-0.05, 0) is 24.3 Å². The molecule has 0 aromatic carbocycles. The van der Waals surface area contributed by atoms with Crippen molar-refractivity contribution in [2.45, 2.75) is 0 Å². The van der Waals surface area contributed by atoms with Crippen LogP contribution in [-0.2, 0) is 9.47 Å². The maximum atomic E-state index is 5.95. The molecule has 2 rings (SSSR count). The molecule has 6 N–H and O–H groups in total. The van der Waals surface area contributed by atoms with Crippen molar-refractivity contribution in [1.29, 1.82) is 0 Å². The summed E-state index contributed by atoms with van der Waals surface area (Å²) < 4.78 is 12.3. The molecule has 0 aliphatic carbocycles. The van der Waals surface area contributed by atoms with Gasteiger partial charge in [-0.1, -0.05) is 30.7 Å². The molecule has 1 aromatic rings. The van der Waals surface area contributed by atoms with Crippen molar-refractivity contribution < 1.29 is 9.47 Å². The summed E-state index contributed by atoms with van der Waals surface area (Å²) in [4.78, 5) is 4.33. The Labute approximate surface area is 165 Å². The van der Waals surface area contributed by atoms with Crippen LogP contribution in [0.3, 0.4) is 0 Å². The van der Waals surface area contributed by atoms with E-state index in [0.717, 1.165) is 43.4 Å². The zero-order valence-electron chi connectivity index (χ0n) is 15.8. The summed E-state index contributed by atoms with van der Waals surface area (Å²) in [5, 5.41) is 1.52. The first kappa shape index (κ1) is 23.0. The van der Waals surface area contributed by atoms with Gasteiger partial charge < -0.3 is 20.9 Å². The Morgan fingerprint density at radius 1 is 1.48 bits per heavy atom. The van der Waals surface area contributed by atoms with Crippen molar-refractivity contribution in [1.82, 2.24) is 14.3 Å². The highest BCUT2D eigenvalue weighted by atomic mass is 32.2. The van der Waals surface area contributed by atoms with Gasteiger partial charge in [0, 0.05) is 25.0 Å². The number of aromatic nitrogens is 1. The number of hydrazine groups is 1. The third-order valence-corrected chi connectivity index (χ3v) is 4.47. The summed E-state index contributed by atoms with van der Waals surface area (Å²) in [5.74, 6) is 7.31. The minimum Gasteiger partial charge on any atom is -0.483 e. The molecule has 1 fully saturated rings. The molecule has 150 valence electrons. The van der Waals surface area contributed by atoms with Crippen molar-refractivity contribution in [2.75, 3.05) is 45.8 Å². The molecular formula is C18H30N6O2S. The van der Waals surface area contributed by atoms with E-state index in [-0.39, 0.29) is 6.67 Å². The van der Waals surface area contributed by atoms with Crippen LogP contribution in [0.2, 0.25) is 0 Å². The predicted molar refractivity (Wildman–Crippen MR) is 112 cm³/mol. The Hall–Kier alpha value is -2.04. The van der Waals surface area contributed by atoms with Crippen LogP contribution >= 0.6 is 11.9 Å². The van der Waals surface area contributed by atoms with Crippen LogP contribution in [0.1, 0.15) is 5.69 Å². The molecule has 27 heavy (non-hydrogen) atoms. The molecule has 0 saturated carbocycles. The third-order valence-electron chi connectivity index (χ3n) is 3.43. The number of hydrogen-bond acceptors (Lipinski definition) is 9. The highest BCUT2D eigenvalue weighted by Crippen LogP contribution is 2.17. The zero-order chi connectivity index (χ0) is 19.9. The smallest absolute Gasteiger partial charge is 0.183 e. The van der Waals surface area contributed by atoms with Crippen LogP contribution in [0.15, 0.2) is 55.1 Å². The number of allylic oxidation sites excluding steroid dienone is 2. The minimum absolute atomic E-state index is 0.249. The SMILES string of the molecule is C=C/C=C(\N)OC.NCN(N)/C(=C\CN1CCOCCS1)c1ccccn1. The molecule has 9 heteroatoms. The molecule has 0 spiro atoms. The maximum absolute atomic E-state index is 5.95. The van der Waals surface area contributed by atoms with Crippen molar-refractivity contribution >= 4 is 17.6 Å². The molecule has 8 nitrogen and oxygen atoms in total. The Kier molecular flexibility index (Phi) is 12.0. The Balaban J connectivity index is 0.000000445. The quantitative estimate of drug-likeness (QED) is 0.156. The summed E-state index contributed by atoms with van der Waals surface area (Å²) in [6.45, 7) is 6.93. The Bertz CT molecular complexity index is 589. The fraction of sp³-hybridized carbons (Fsp3) is 0.389. The summed E-state index contributed by atoms with van der Waals surface area (Å²) in [6, 6.07) is 5.75. The van der Waals surface area contributed by atoms with E-state index in [1.807, 2.05) is 18.2 Å². The number of ether oxygens (including phenoxy) is 2. The Morgan fingerprint density at radius 3 is 2.89 bits per heavy atom. The van der Waals surface area contributed by atoms with E-state index in [0.29, 0.717) is 5.88 Å². The van der Waals surface area contributed by atoms with E-state index in [1.165, 1.54) is 12.1 Å². The second kappa shape index (κ2) is 14.1. The first-order valence-electron chi connectivity index (χ1n) is 8.54. The van der Waals surface area contributed by atoms with E-state index in [1.54, 1.807) is 30.3 Å². The average molecular weight is 395 g/mol. The van der Waals surface area contributed by atoms with Crippen LogP contribution in [0.25, 0.3) is 5.70 Å². The van der Waals surface area contributed by atoms with Crippen molar-refractivity contribution in [2.24, 2.45) is 17.3 Å². The van der Waals surface area contributed by atoms with Crippen molar-refractivity contribution in [3.63, 3.8) is 0 Å². The number of nitrogens with zero attached hydrogens (tertiary/aromatic N) is 3. The molecule has 0 unspecified atom stereocenters. The van der Waals surface area contributed by atoms with Gasteiger partial charge in [0.25, 0.3) is 0 Å². The number of rotatable bonds is 7. The lowest BCUT2D eigenvalue weighted by atomic mass is 10.2. The van der Waals surface area contributed by atoms with E-state index < -0.39 is 0 Å². The third kappa shape index (κ3) is 9.45. The van der Waals surface area contributed by atoms with Crippen LogP contribution in [-0.4, -0.2) is 60.1 Å². The maximum Gasteiger partial charge on any atom is 0.183 e. The van der Waals surface area contributed by atoms with Crippen LogP contribution < -0.4 is 17.3 Å². The summed E-state index contributed by atoms with van der Waals surface area (Å²) in [5.41, 5.74) is 12.5. The van der Waals surface area contributed by atoms with Gasteiger partial charge >= 0.3 is 0 Å². The predicted octanol–water partition coefficient (Wildman–Crippen LogP) is 1.11. The van der Waals surface area contributed by atoms with Crippen LogP contribution in [0, 0.1) is 0 Å². The molecule has 1 saturated heterocycles. The van der Waals surface area contributed by atoms with E-state index in [9.17, 15) is 0 Å². The van der Waals surface area contributed by atoms with Gasteiger partial charge in [-0.2, -0.15) is 0 Å². The van der Waals surface area contributed by atoms with Gasteiger partial charge in [0.1, 0.15) is 0 Å². The minimum atomic E-state index is 0.249. The standard InChI is InChI=1S/C13H21N5OS.C5H9NO/c14-11-18(15)13(12-3-1-2-5-16-12)4-6-17-7-8-19-9-10-20-17;1-3-4-5(6)7-2/h1-5H,6-11,14-15H2;3-4H,1,6H2,2H3/b13-4-;5-4+. The topological polar surface area (TPSA) is 116 Å². The summed E-state index contributed by atoms with van der Waals surface area (Å²) in [7, 11) is 1.51. The lowest BCUT2D eigenvalue weighted by Crippen LogP contribution is -2.35. The van der Waals surface area contributed by atoms with Gasteiger partial charge in [0.15, 0.2) is 5.88 Å². The van der Waals surface area contributed by atoms with Crippen LogP contribution in [0.5, 0.6) is 0 Å². The number of methoxy groups -OCH3 is 1. The number of hydrogen-bond donors (Lipinski definition) is 3. The number of nitrogens with two attached hydrogens (primary N) is 3. The molecule has 0 radical (unpaired) electrons. The second-order valence-electron chi connectivity index (χ2n) is 5.30. The Morgan fingerprint density at radius 2 is 2.30 bits per heavy atom. The monoisotopic (exact) mass is 394 g/mol. The molecule has 1 aliphatic heterocycles. The lowest BCUT2D eigenvalue weighted by molar-refractivity contribution is 0.148. The lowest BCUT2D eigenvalue weighted by Gasteiger charge is -2.21. The molecular weight excluding hydrogens is 364 g/mol. The van der Waals surface area contributed by atoms with Gasteiger partial charge in [-0.25, -0.2) is 10.1 Å². The van der Waals surface area contributed by atoms with Crippen molar-refractivity contribution in [3.8, 4) is 0 Å². The largest absolute Gasteiger partial charge is 0.483 e.